The first kappa shape index (κ1) is 15.7. The molecular formula is C14H26N4O. The van der Waals surface area contributed by atoms with Gasteiger partial charge in [0.2, 0.25) is 5.88 Å². The Bertz CT molecular complexity index is 412. The second kappa shape index (κ2) is 6.19. The fraction of sp³-hybridized carbons (Fsp3) is 0.714. The maximum absolute atomic E-state index is 5.86. The van der Waals surface area contributed by atoms with E-state index in [1.165, 1.54) is 0 Å². The van der Waals surface area contributed by atoms with Crippen molar-refractivity contribution in [3.8, 4) is 5.88 Å². The van der Waals surface area contributed by atoms with E-state index in [9.17, 15) is 0 Å². The van der Waals surface area contributed by atoms with Gasteiger partial charge in [0, 0.05) is 11.5 Å². The normalized spacial score (nSPS) is 13.5. The highest BCUT2D eigenvalue weighted by Gasteiger charge is 2.20. The standard InChI is InChI=1S/C14H26N4O/c1-9(2)7-10(3)19-12-8-11(18-15)16-13(17-12)14(4,5)6/h8-10H,7,15H2,1-6H3,(H,16,17,18). The third-order valence-corrected chi connectivity index (χ3v) is 2.65. The zero-order chi connectivity index (χ0) is 14.6. The third-order valence-electron chi connectivity index (χ3n) is 2.65. The average molecular weight is 266 g/mol. The Labute approximate surface area is 115 Å². The number of nitrogens with two attached hydrogens (primary N) is 1. The Morgan fingerprint density at radius 1 is 1.26 bits per heavy atom. The average Bonchev–Trinajstić information content (AvgIpc) is 2.25. The van der Waals surface area contributed by atoms with Gasteiger partial charge in [0.1, 0.15) is 11.6 Å². The molecule has 1 atom stereocenters. The highest BCUT2D eigenvalue weighted by molar-refractivity contribution is 5.38. The molecule has 5 heteroatoms. The first-order valence-corrected chi connectivity index (χ1v) is 6.75. The summed E-state index contributed by atoms with van der Waals surface area (Å²) < 4.78 is 5.86. The van der Waals surface area contributed by atoms with E-state index >= 15 is 0 Å². The number of nitrogen functional groups attached to an aromatic ring is 1. The molecule has 1 aromatic heterocycles. The zero-order valence-corrected chi connectivity index (χ0v) is 12.8. The van der Waals surface area contributed by atoms with Gasteiger partial charge in [0.05, 0.1) is 6.10 Å². The number of nitrogens with one attached hydrogen (secondary N) is 1. The SMILES string of the molecule is CC(C)CC(C)Oc1cc(NN)nc(C(C)(C)C)n1. The van der Waals surface area contributed by atoms with Crippen molar-refractivity contribution in [2.45, 2.75) is 59.5 Å². The molecule has 1 heterocycles. The zero-order valence-electron chi connectivity index (χ0n) is 12.8. The van der Waals surface area contributed by atoms with Crippen LogP contribution in [-0.2, 0) is 5.41 Å². The molecule has 0 aliphatic heterocycles. The minimum absolute atomic E-state index is 0.119. The molecule has 1 unspecified atom stereocenters. The molecule has 5 nitrogen and oxygen atoms in total. The summed E-state index contributed by atoms with van der Waals surface area (Å²) in [5.74, 6) is 7.90. The van der Waals surface area contributed by atoms with E-state index < -0.39 is 0 Å². The van der Waals surface area contributed by atoms with E-state index in [0.29, 0.717) is 17.6 Å². The quantitative estimate of drug-likeness (QED) is 0.633. The van der Waals surface area contributed by atoms with Gasteiger partial charge in [-0.1, -0.05) is 34.6 Å². The fourth-order valence-corrected chi connectivity index (χ4v) is 1.81. The predicted octanol–water partition coefficient (Wildman–Crippen LogP) is 2.87. The second-order valence-corrected chi connectivity index (χ2v) is 6.37. The van der Waals surface area contributed by atoms with Crippen LogP contribution in [0.15, 0.2) is 6.07 Å². The van der Waals surface area contributed by atoms with Crippen LogP contribution in [0.1, 0.15) is 53.8 Å². The highest BCUT2D eigenvalue weighted by Crippen LogP contribution is 2.24. The van der Waals surface area contributed by atoms with Crippen molar-refractivity contribution in [3.63, 3.8) is 0 Å². The lowest BCUT2D eigenvalue weighted by atomic mass is 9.96. The summed E-state index contributed by atoms with van der Waals surface area (Å²) in [6, 6.07) is 1.73. The van der Waals surface area contributed by atoms with Gasteiger partial charge in [-0.15, -0.1) is 0 Å². The first-order valence-electron chi connectivity index (χ1n) is 6.75. The number of hydrogen-bond donors (Lipinski definition) is 2. The van der Waals surface area contributed by atoms with Gasteiger partial charge >= 0.3 is 0 Å². The Kier molecular flexibility index (Phi) is 5.11. The lowest BCUT2D eigenvalue weighted by Gasteiger charge is -2.20. The first-order chi connectivity index (χ1) is 8.72. The molecule has 0 amide bonds. The van der Waals surface area contributed by atoms with E-state index in [1.54, 1.807) is 6.07 Å². The van der Waals surface area contributed by atoms with Crippen LogP contribution in [0.25, 0.3) is 0 Å². The van der Waals surface area contributed by atoms with E-state index in [0.717, 1.165) is 12.2 Å². The minimum atomic E-state index is -0.147. The summed E-state index contributed by atoms with van der Waals surface area (Å²) in [7, 11) is 0. The van der Waals surface area contributed by atoms with Crippen LogP contribution < -0.4 is 16.0 Å². The lowest BCUT2D eigenvalue weighted by Crippen LogP contribution is -2.21. The van der Waals surface area contributed by atoms with Gasteiger partial charge in [-0.3, -0.25) is 0 Å². The summed E-state index contributed by atoms with van der Waals surface area (Å²) >= 11 is 0. The summed E-state index contributed by atoms with van der Waals surface area (Å²) in [6.07, 6.45) is 1.11. The summed E-state index contributed by atoms with van der Waals surface area (Å²) in [5.41, 5.74) is 2.42. The van der Waals surface area contributed by atoms with Crippen molar-refractivity contribution in [1.29, 1.82) is 0 Å². The van der Waals surface area contributed by atoms with E-state index in [4.69, 9.17) is 10.6 Å². The van der Waals surface area contributed by atoms with E-state index in [2.05, 4.69) is 56.9 Å². The van der Waals surface area contributed by atoms with Crippen molar-refractivity contribution < 1.29 is 4.74 Å². The van der Waals surface area contributed by atoms with Gasteiger partial charge in [0.25, 0.3) is 0 Å². The molecular weight excluding hydrogens is 240 g/mol. The Morgan fingerprint density at radius 2 is 1.89 bits per heavy atom. The number of hydrogen-bond acceptors (Lipinski definition) is 5. The molecule has 0 saturated carbocycles. The van der Waals surface area contributed by atoms with E-state index in [1.807, 2.05) is 0 Å². The minimum Gasteiger partial charge on any atom is -0.474 e. The maximum atomic E-state index is 5.86. The van der Waals surface area contributed by atoms with Gasteiger partial charge < -0.3 is 10.2 Å². The Hall–Kier alpha value is -1.36. The van der Waals surface area contributed by atoms with Crippen molar-refractivity contribution in [2.24, 2.45) is 11.8 Å². The number of nitrogens with zero attached hydrogens (tertiary/aromatic N) is 2. The molecule has 1 aromatic rings. The molecule has 0 saturated heterocycles. The number of aromatic nitrogens is 2. The van der Waals surface area contributed by atoms with Gasteiger partial charge in [-0.25, -0.2) is 10.8 Å². The van der Waals surface area contributed by atoms with Crippen molar-refractivity contribution >= 4 is 5.82 Å². The molecule has 1 rings (SSSR count). The van der Waals surface area contributed by atoms with Crippen LogP contribution in [0.2, 0.25) is 0 Å². The van der Waals surface area contributed by atoms with Crippen LogP contribution >= 0.6 is 0 Å². The molecule has 3 N–H and O–H groups in total. The van der Waals surface area contributed by atoms with Crippen LogP contribution in [0.5, 0.6) is 5.88 Å². The second-order valence-electron chi connectivity index (χ2n) is 6.37. The maximum Gasteiger partial charge on any atom is 0.219 e. The third kappa shape index (κ3) is 5.03. The molecule has 0 fully saturated rings. The molecule has 0 radical (unpaired) electrons. The number of anilines is 1. The van der Waals surface area contributed by atoms with Crippen molar-refractivity contribution in [1.82, 2.24) is 9.97 Å². The molecule has 0 aliphatic rings. The van der Waals surface area contributed by atoms with Crippen molar-refractivity contribution in [3.05, 3.63) is 11.9 Å². The molecule has 0 spiro atoms. The topological polar surface area (TPSA) is 73.1 Å². The van der Waals surface area contributed by atoms with Crippen molar-refractivity contribution in [2.75, 3.05) is 5.43 Å². The van der Waals surface area contributed by atoms with Crippen LogP contribution in [0.4, 0.5) is 5.82 Å². The highest BCUT2D eigenvalue weighted by atomic mass is 16.5. The summed E-state index contributed by atoms with van der Waals surface area (Å²) in [6.45, 7) is 12.6. The van der Waals surface area contributed by atoms with Crippen LogP contribution in [0.3, 0.4) is 0 Å². The van der Waals surface area contributed by atoms with Crippen LogP contribution in [0, 0.1) is 5.92 Å². The summed E-state index contributed by atoms with van der Waals surface area (Å²) in [5, 5.41) is 0. The number of ether oxygens (including phenoxy) is 1. The smallest absolute Gasteiger partial charge is 0.219 e. The molecule has 108 valence electrons. The van der Waals surface area contributed by atoms with Crippen LogP contribution in [-0.4, -0.2) is 16.1 Å². The molecule has 19 heavy (non-hydrogen) atoms. The largest absolute Gasteiger partial charge is 0.474 e. The lowest BCUT2D eigenvalue weighted by molar-refractivity contribution is 0.184. The van der Waals surface area contributed by atoms with E-state index in [-0.39, 0.29) is 11.5 Å². The molecule has 0 aromatic carbocycles. The Morgan fingerprint density at radius 3 is 2.37 bits per heavy atom. The number of hydrazine groups is 1. The number of rotatable bonds is 5. The van der Waals surface area contributed by atoms with Gasteiger partial charge in [-0.2, -0.15) is 4.98 Å². The fourth-order valence-electron chi connectivity index (χ4n) is 1.81. The van der Waals surface area contributed by atoms with Gasteiger partial charge in [-0.05, 0) is 19.3 Å². The van der Waals surface area contributed by atoms with Gasteiger partial charge in [0.15, 0.2) is 0 Å². The monoisotopic (exact) mass is 266 g/mol. The molecule has 0 bridgehead atoms. The Balaban J connectivity index is 2.94. The predicted molar refractivity (Wildman–Crippen MR) is 78.1 cm³/mol. The molecule has 0 aliphatic carbocycles. The summed E-state index contributed by atoms with van der Waals surface area (Å²) in [4.78, 5) is 8.84.